The maximum absolute atomic E-state index is 3.55. The molecule has 0 aromatic rings. The van der Waals surface area contributed by atoms with Gasteiger partial charge in [-0.2, -0.15) is 0 Å². The first kappa shape index (κ1) is 6.62. The minimum atomic E-state index is 0.738. The van der Waals surface area contributed by atoms with Gasteiger partial charge in [0.2, 0.25) is 0 Å². The van der Waals surface area contributed by atoms with E-state index >= 15 is 0 Å². The van der Waals surface area contributed by atoms with Gasteiger partial charge in [-0.05, 0) is 38.8 Å². The Labute approximate surface area is 62.6 Å². The molecule has 0 spiro atoms. The van der Waals surface area contributed by atoms with Crippen molar-refractivity contribution in [3.63, 3.8) is 0 Å². The largest absolute Gasteiger partial charge is 0.302 e. The van der Waals surface area contributed by atoms with Crippen LogP contribution in [-0.2, 0) is 0 Å². The van der Waals surface area contributed by atoms with Crippen LogP contribution < -0.4 is 5.32 Å². The van der Waals surface area contributed by atoms with E-state index in [1.54, 1.807) is 0 Å². The van der Waals surface area contributed by atoms with E-state index in [0.29, 0.717) is 0 Å². The van der Waals surface area contributed by atoms with E-state index in [2.05, 4.69) is 10.2 Å². The monoisotopic (exact) mass is 140 g/mol. The third-order valence-electron chi connectivity index (χ3n) is 2.62. The highest BCUT2D eigenvalue weighted by molar-refractivity contribution is 4.78. The molecule has 0 radical (unpaired) electrons. The zero-order valence-electron chi connectivity index (χ0n) is 6.47. The van der Waals surface area contributed by atoms with Crippen molar-refractivity contribution >= 4 is 0 Å². The van der Waals surface area contributed by atoms with Gasteiger partial charge in [0.1, 0.15) is 0 Å². The molecule has 2 heterocycles. The lowest BCUT2D eigenvalue weighted by atomic mass is 10.1. The molecule has 1 N–H and O–H groups in total. The van der Waals surface area contributed by atoms with Crippen molar-refractivity contribution in [1.82, 2.24) is 10.2 Å². The number of hydrogen-bond acceptors (Lipinski definition) is 2. The number of nitrogens with one attached hydrogen (secondary N) is 1. The summed E-state index contributed by atoms with van der Waals surface area (Å²) < 4.78 is 0. The zero-order chi connectivity index (χ0) is 6.81. The fourth-order valence-electron chi connectivity index (χ4n) is 2.04. The van der Waals surface area contributed by atoms with Crippen molar-refractivity contribution in [2.75, 3.05) is 19.6 Å². The van der Waals surface area contributed by atoms with Crippen LogP contribution in [0.5, 0.6) is 0 Å². The molecule has 2 heteroatoms. The Kier molecular flexibility index (Phi) is 1.91. The second-order valence-corrected chi connectivity index (χ2v) is 3.36. The summed E-state index contributed by atoms with van der Waals surface area (Å²) in [5, 5.41) is 3.55. The van der Waals surface area contributed by atoms with Crippen molar-refractivity contribution in [3.05, 3.63) is 0 Å². The summed E-state index contributed by atoms with van der Waals surface area (Å²) in [4.78, 5) is 2.59. The number of piperidine rings is 1. The summed E-state index contributed by atoms with van der Waals surface area (Å²) in [6, 6.07) is 0. The van der Waals surface area contributed by atoms with Crippen LogP contribution in [0.1, 0.15) is 25.7 Å². The van der Waals surface area contributed by atoms with Gasteiger partial charge in [-0.25, -0.2) is 0 Å². The molecule has 58 valence electrons. The Morgan fingerprint density at radius 1 is 1.10 bits per heavy atom. The summed E-state index contributed by atoms with van der Waals surface area (Å²) >= 11 is 0. The van der Waals surface area contributed by atoms with Crippen molar-refractivity contribution in [2.24, 2.45) is 0 Å². The predicted octanol–water partition coefficient (Wildman–Crippen LogP) is 0.792. The van der Waals surface area contributed by atoms with Gasteiger partial charge in [-0.1, -0.05) is 0 Å². The highest BCUT2D eigenvalue weighted by Crippen LogP contribution is 2.17. The predicted molar refractivity (Wildman–Crippen MR) is 41.8 cm³/mol. The Morgan fingerprint density at radius 2 is 2.00 bits per heavy atom. The first-order valence-corrected chi connectivity index (χ1v) is 4.44. The number of rotatable bonds is 0. The molecule has 0 bridgehead atoms. The van der Waals surface area contributed by atoms with Gasteiger partial charge in [0.15, 0.2) is 0 Å². The minimum absolute atomic E-state index is 0.738. The number of fused-ring (bicyclic) bond motifs is 1. The zero-order valence-corrected chi connectivity index (χ0v) is 6.47. The summed E-state index contributed by atoms with van der Waals surface area (Å²) in [6.45, 7) is 3.90. The van der Waals surface area contributed by atoms with Crippen molar-refractivity contribution < 1.29 is 0 Å². The summed E-state index contributed by atoms with van der Waals surface area (Å²) in [5.74, 6) is 0. The normalized spacial score (nSPS) is 35.4. The molecule has 2 aliphatic rings. The van der Waals surface area contributed by atoms with Gasteiger partial charge in [-0.3, -0.25) is 4.90 Å². The van der Waals surface area contributed by atoms with E-state index in [9.17, 15) is 0 Å². The van der Waals surface area contributed by atoms with E-state index < -0.39 is 0 Å². The van der Waals surface area contributed by atoms with E-state index in [-0.39, 0.29) is 0 Å². The van der Waals surface area contributed by atoms with Gasteiger partial charge in [0, 0.05) is 6.54 Å². The average Bonchev–Trinajstić information content (AvgIpc) is 2.05. The van der Waals surface area contributed by atoms with Gasteiger partial charge in [-0.15, -0.1) is 0 Å². The third-order valence-corrected chi connectivity index (χ3v) is 2.62. The fourth-order valence-corrected chi connectivity index (χ4v) is 2.04. The molecule has 0 aliphatic carbocycles. The van der Waals surface area contributed by atoms with Crippen molar-refractivity contribution in [2.45, 2.75) is 31.8 Å². The number of nitrogens with zero attached hydrogens (tertiary/aromatic N) is 1. The first-order chi connectivity index (χ1) is 4.97. The molecule has 2 fully saturated rings. The third kappa shape index (κ3) is 1.18. The van der Waals surface area contributed by atoms with E-state index in [4.69, 9.17) is 0 Å². The van der Waals surface area contributed by atoms with Crippen molar-refractivity contribution in [1.29, 1.82) is 0 Å². The van der Waals surface area contributed by atoms with Crippen molar-refractivity contribution in [3.8, 4) is 0 Å². The molecule has 1 unspecified atom stereocenters. The quantitative estimate of drug-likeness (QED) is 0.535. The highest BCUT2D eigenvalue weighted by atomic mass is 15.3. The Balaban J connectivity index is 1.93. The van der Waals surface area contributed by atoms with E-state index in [0.717, 1.165) is 6.17 Å². The SMILES string of the molecule is C1CCN2CCCNC2C1. The topological polar surface area (TPSA) is 15.3 Å². The molecule has 10 heavy (non-hydrogen) atoms. The second-order valence-electron chi connectivity index (χ2n) is 3.36. The van der Waals surface area contributed by atoms with Crippen LogP contribution in [0.15, 0.2) is 0 Å². The van der Waals surface area contributed by atoms with Gasteiger partial charge < -0.3 is 5.32 Å². The standard InChI is InChI=1S/C8H16N2/c1-2-6-10-7-3-5-9-8(10)4-1/h8-9H,1-7H2. The molecule has 2 rings (SSSR count). The van der Waals surface area contributed by atoms with Crippen LogP contribution in [0, 0.1) is 0 Å². The van der Waals surface area contributed by atoms with Gasteiger partial charge >= 0.3 is 0 Å². The minimum Gasteiger partial charge on any atom is -0.302 e. The van der Waals surface area contributed by atoms with Crippen LogP contribution >= 0.6 is 0 Å². The van der Waals surface area contributed by atoms with Crippen LogP contribution in [0.25, 0.3) is 0 Å². The molecule has 0 saturated carbocycles. The second kappa shape index (κ2) is 2.89. The van der Waals surface area contributed by atoms with E-state index in [1.165, 1.54) is 45.3 Å². The molecular weight excluding hydrogens is 124 g/mol. The van der Waals surface area contributed by atoms with Crippen LogP contribution in [-0.4, -0.2) is 30.7 Å². The van der Waals surface area contributed by atoms with E-state index in [1.807, 2.05) is 0 Å². The fraction of sp³-hybridized carbons (Fsp3) is 1.00. The van der Waals surface area contributed by atoms with Gasteiger partial charge in [0.05, 0.1) is 6.17 Å². The maximum Gasteiger partial charge on any atom is 0.0597 e. The molecule has 2 nitrogen and oxygen atoms in total. The van der Waals surface area contributed by atoms with Gasteiger partial charge in [0.25, 0.3) is 0 Å². The lowest BCUT2D eigenvalue weighted by molar-refractivity contribution is 0.0926. The lowest BCUT2D eigenvalue weighted by Crippen LogP contribution is -2.53. The summed E-state index contributed by atoms with van der Waals surface area (Å²) in [5.41, 5.74) is 0. The smallest absolute Gasteiger partial charge is 0.0597 e. The molecule has 0 amide bonds. The van der Waals surface area contributed by atoms with Crippen LogP contribution in [0.4, 0.5) is 0 Å². The lowest BCUT2D eigenvalue weighted by Gasteiger charge is -2.39. The molecule has 2 saturated heterocycles. The summed E-state index contributed by atoms with van der Waals surface area (Å²) in [7, 11) is 0. The first-order valence-electron chi connectivity index (χ1n) is 4.44. The maximum atomic E-state index is 3.55. The number of hydrogen-bond donors (Lipinski definition) is 1. The molecular formula is C8H16N2. The molecule has 0 aromatic heterocycles. The molecule has 1 atom stereocenters. The molecule has 0 aromatic carbocycles. The van der Waals surface area contributed by atoms with Crippen LogP contribution in [0.3, 0.4) is 0 Å². The Morgan fingerprint density at radius 3 is 2.90 bits per heavy atom. The Bertz CT molecular complexity index is 87.8. The van der Waals surface area contributed by atoms with Crippen LogP contribution in [0.2, 0.25) is 0 Å². The molecule has 2 aliphatic heterocycles. The highest BCUT2D eigenvalue weighted by Gasteiger charge is 2.23. The Hall–Kier alpha value is -0.0800. The average molecular weight is 140 g/mol. The summed E-state index contributed by atoms with van der Waals surface area (Å²) in [6.07, 6.45) is 6.30.